The Morgan fingerprint density at radius 3 is 2.45 bits per heavy atom. The van der Waals surface area contributed by atoms with Crippen molar-refractivity contribution in [2.24, 2.45) is 0 Å². The topological polar surface area (TPSA) is 27.3 Å². The van der Waals surface area contributed by atoms with Crippen molar-refractivity contribution < 1.29 is 0 Å². The summed E-state index contributed by atoms with van der Waals surface area (Å²) in [5, 5.41) is 7.31. The summed E-state index contributed by atoms with van der Waals surface area (Å²) in [6.45, 7) is 7.64. The second-order valence-corrected chi connectivity index (χ2v) is 5.63. The number of piperazine rings is 1. The highest BCUT2D eigenvalue weighted by molar-refractivity contribution is 5.48. The molecule has 0 saturated carbocycles. The van der Waals surface area contributed by atoms with Gasteiger partial charge in [0.25, 0.3) is 0 Å². The summed E-state index contributed by atoms with van der Waals surface area (Å²) in [5.74, 6) is 0. The molecule has 1 aliphatic heterocycles. The minimum Gasteiger partial charge on any atom is -0.362 e. The van der Waals surface area contributed by atoms with Gasteiger partial charge in [0.05, 0.1) is 0 Å². The average Bonchev–Trinajstić information content (AvgIpc) is 2.59. The lowest BCUT2D eigenvalue weighted by Crippen LogP contribution is -2.63. The fraction of sp³-hybridized carbons (Fsp3) is 0.263. The maximum absolute atomic E-state index is 3.93. The zero-order valence-electron chi connectivity index (χ0n) is 12.8. The SMILES string of the molecule is C=CCN1CCNCC1(Nc1ccccc1)c1ccccc1. The third kappa shape index (κ3) is 2.91. The highest BCUT2D eigenvalue weighted by atomic mass is 15.4. The van der Waals surface area contributed by atoms with Crippen molar-refractivity contribution in [3.63, 3.8) is 0 Å². The minimum atomic E-state index is -0.255. The van der Waals surface area contributed by atoms with E-state index in [-0.39, 0.29) is 5.66 Å². The molecule has 1 fully saturated rings. The summed E-state index contributed by atoms with van der Waals surface area (Å²) >= 11 is 0. The van der Waals surface area contributed by atoms with Crippen molar-refractivity contribution >= 4 is 5.69 Å². The molecule has 1 heterocycles. The predicted molar refractivity (Wildman–Crippen MR) is 92.8 cm³/mol. The Kier molecular flexibility index (Phi) is 4.56. The fourth-order valence-electron chi connectivity index (χ4n) is 3.14. The Morgan fingerprint density at radius 1 is 1.09 bits per heavy atom. The van der Waals surface area contributed by atoms with Crippen LogP contribution in [0.3, 0.4) is 0 Å². The Balaban J connectivity index is 2.02. The van der Waals surface area contributed by atoms with Gasteiger partial charge in [0.15, 0.2) is 0 Å². The van der Waals surface area contributed by atoms with Crippen molar-refractivity contribution in [1.82, 2.24) is 10.2 Å². The molecule has 0 aromatic heterocycles. The van der Waals surface area contributed by atoms with E-state index >= 15 is 0 Å². The highest BCUT2D eigenvalue weighted by Crippen LogP contribution is 2.31. The largest absolute Gasteiger partial charge is 0.362 e. The van der Waals surface area contributed by atoms with Crippen LogP contribution in [0.5, 0.6) is 0 Å². The molecule has 3 heteroatoms. The number of benzene rings is 2. The number of hydrogen-bond acceptors (Lipinski definition) is 3. The summed E-state index contributed by atoms with van der Waals surface area (Å²) in [6, 6.07) is 21.1. The number of para-hydroxylation sites is 1. The van der Waals surface area contributed by atoms with E-state index in [1.807, 2.05) is 12.1 Å². The van der Waals surface area contributed by atoms with Crippen LogP contribution in [-0.4, -0.2) is 31.1 Å². The summed E-state index contributed by atoms with van der Waals surface area (Å²) in [7, 11) is 0. The van der Waals surface area contributed by atoms with Crippen molar-refractivity contribution in [3.05, 3.63) is 78.9 Å². The molecule has 114 valence electrons. The summed E-state index contributed by atoms with van der Waals surface area (Å²) in [6.07, 6.45) is 1.98. The van der Waals surface area contributed by atoms with Gasteiger partial charge in [-0.3, -0.25) is 4.90 Å². The molecule has 1 atom stereocenters. The Bertz CT molecular complexity index is 597. The van der Waals surface area contributed by atoms with Crippen LogP contribution in [0.25, 0.3) is 0 Å². The molecule has 2 aromatic rings. The van der Waals surface area contributed by atoms with Crippen LogP contribution in [0.1, 0.15) is 5.56 Å². The molecular weight excluding hydrogens is 270 g/mol. The fourth-order valence-corrected chi connectivity index (χ4v) is 3.14. The molecule has 1 saturated heterocycles. The number of nitrogens with one attached hydrogen (secondary N) is 2. The van der Waals surface area contributed by atoms with Crippen LogP contribution in [0.15, 0.2) is 73.3 Å². The van der Waals surface area contributed by atoms with Gasteiger partial charge in [0, 0.05) is 31.9 Å². The molecule has 2 aromatic carbocycles. The van der Waals surface area contributed by atoms with Gasteiger partial charge in [0.1, 0.15) is 5.66 Å². The number of hydrogen-bond donors (Lipinski definition) is 2. The van der Waals surface area contributed by atoms with Crippen LogP contribution in [0.2, 0.25) is 0 Å². The maximum Gasteiger partial charge on any atom is 0.130 e. The summed E-state index contributed by atoms with van der Waals surface area (Å²) in [4.78, 5) is 2.46. The molecule has 0 radical (unpaired) electrons. The molecule has 3 nitrogen and oxygen atoms in total. The highest BCUT2D eigenvalue weighted by Gasteiger charge is 2.39. The first-order valence-electron chi connectivity index (χ1n) is 7.80. The van der Waals surface area contributed by atoms with Crippen molar-refractivity contribution in [2.45, 2.75) is 5.66 Å². The van der Waals surface area contributed by atoms with Crippen molar-refractivity contribution in [1.29, 1.82) is 0 Å². The molecule has 0 amide bonds. The van der Waals surface area contributed by atoms with E-state index in [9.17, 15) is 0 Å². The van der Waals surface area contributed by atoms with E-state index in [1.54, 1.807) is 0 Å². The third-order valence-electron chi connectivity index (χ3n) is 4.20. The number of anilines is 1. The standard InChI is InChI=1S/C19H23N3/c1-2-14-22-15-13-20-16-19(22,17-9-5-3-6-10-17)21-18-11-7-4-8-12-18/h2-12,20-21H,1,13-16H2. The lowest BCUT2D eigenvalue weighted by molar-refractivity contribution is 0.0948. The van der Waals surface area contributed by atoms with E-state index in [0.717, 1.165) is 31.9 Å². The van der Waals surface area contributed by atoms with Crippen LogP contribution in [0.4, 0.5) is 5.69 Å². The van der Waals surface area contributed by atoms with E-state index in [4.69, 9.17) is 0 Å². The predicted octanol–water partition coefficient (Wildman–Crippen LogP) is 3.04. The number of rotatable bonds is 5. The molecule has 0 spiro atoms. The minimum absolute atomic E-state index is 0.255. The van der Waals surface area contributed by atoms with Gasteiger partial charge in [-0.1, -0.05) is 54.6 Å². The second-order valence-electron chi connectivity index (χ2n) is 5.63. The van der Waals surface area contributed by atoms with E-state index in [2.05, 4.69) is 76.7 Å². The quantitative estimate of drug-likeness (QED) is 0.830. The van der Waals surface area contributed by atoms with E-state index < -0.39 is 0 Å². The molecule has 22 heavy (non-hydrogen) atoms. The lowest BCUT2D eigenvalue weighted by Gasteiger charge is -2.48. The first-order valence-corrected chi connectivity index (χ1v) is 7.80. The maximum atomic E-state index is 3.93. The zero-order chi connectivity index (χ0) is 15.3. The Hall–Kier alpha value is -2.10. The smallest absolute Gasteiger partial charge is 0.130 e. The van der Waals surface area contributed by atoms with Crippen molar-refractivity contribution in [2.75, 3.05) is 31.5 Å². The summed E-state index contributed by atoms with van der Waals surface area (Å²) in [5.41, 5.74) is 2.15. The molecule has 3 rings (SSSR count). The van der Waals surface area contributed by atoms with Crippen LogP contribution >= 0.6 is 0 Å². The molecule has 1 aliphatic rings. The third-order valence-corrected chi connectivity index (χ3v) is 4.20. The normalized spacial score (nSPS) is 22.2. The van der Waals surface area contributed by atoms with Gasteiger partial charge >= 0.3 is 0 Å². The van der Waals surface area contributed by atoms with E-state index in [0.29, 0.717) is 0 Å². The molecule has 0 bridgehead atoms. The second kappa shape index (κ2) is 6.77. The molecule has 2 N–H and O–H groups in total. The number of nitrogens with zero attached hydrogens (tertiary/aromatic N) is 1. The van der Waals surface area contributed by atoms with Gasteiger partial charge in [0.2, 0.25) is 0 Å². The van der Waals surface area contributed by atoms with Gasteiger partial charge in [-0.05, 0) is 17.7 Å². The first-order chi connectivity index (χ1) is 10.8. The van der Waals surface area contributed by atoms with Gasteiger partial charge in [-0.15, -0.1) is 6.58 Å². The Labute approximate surface area is 132 Å². The van der Waals surface area contributed by atoms with E-state index in [1.165, 1.54) is 5.56 Å². The van der Waals surface area contributed by atoms with Gasteiger partial charge in [-0.25, -0.2) is 0 Å². The van der Waals surface area contributed by atoms with Crippen LogP contribution in [0, 0.1) is 0 Å². The van der Waals surface area contributed by atoms with Gasteiger partial charge in [-0.2, -0.15) is 0 Å². The first kappa shape index (κ1) is 14.8. The lowest BCUT2D eigenvalue weighted by atomic mass is 9.94. The molecule has 1 unspecified atom stereocenters. The van der Waals surface area contributed by atoms with Crippen LogP contribution < -0.4 is 10.6 Å². The molecular formula is C19H23N3. The van der Waals surface area contributed by atoms with Crippen molar-refractivity contribution in [3.8, 4) is 0 Å². The Morgan fingerprint density at radius 2 is 1.77 bits per heavy atom. The molecule has 0 aliphatic carbocycles. The summed E-state index contributed by atoms with van der Waals surface area (Å²) < 4.78 is 0. The van der Waals surface area contributed by atoms with Crippen LogP contribution in [-0.2, 0) is 5.66 Å². The zero-order valence-corrected chi connectivity index (χ0v) is 12.8. The van der Waals surface area contributed by atoms with Gasteiger partial charge < -0.3 is 10.6 Å². The monoisotopic (exact) mass is 293 g/mol. The average molecular weight is 293 g/mol.